The fourth-order valence-electron chi connectivity index (χ4n) is 4.05. The Morgan fingerprint density at radius 2 is 1.20 bits per heavy atom. The number of rotatable bonds is 21. The van der Waals surface area contributed by atoms with Gasteiger partial charge in [0.1, 0.15) is 0 Å². The molecule has 0 aliphatic heterocycles. The Hall–Kier alpha value is -1.02. The van der Waals surface area contributed by atoms with Gasteiger partial charge in [0.25, 0.3) is 0 Å². The van der Waals surface area contributed by atoms with Crippen molar-refractivity contribution in [2.75, 3.05) is 13.1 Å². The van der Waals surface area contributed by atoms with Crippen LogP contribution < -0.4 is 5.32 Å². The van der Waals surface area contributed by atoms with Gasteiger partial charge in [-0.2, -0.15) is 0 Å². The third kappa shape index (κ3) is 27.4. The molecule has 0 aliphatic rings. The van der Waals surface area contributed by atoms with E-state index in [9.17, 15) is 0 Å². The maximum Gasteiger partial charge on any atom is 0.0378 e. The second-order valence-electron chi connectivity index (χ2n) is 10.7. The van der Waals surface area contributed by atoms with Crippen LogP contribution in [0.1, 0.15) is 145 Å². The van der Waals surface area contributed by atoms with Crippen LogP contribution in [0.15, 0.2) is 38.2 Å². The quantitative estimate of drug-likeness (QED) is 0.127. The molecule has 0 rings (SSSR count). The molecule has 0 heterocycles. The molecule has 210 valence electrons. The molecule has 2 nitrogen and oxygen atoms in total. The Kier molecular flexibility index (Phi) is 32.1. The predicted octanol–water partition coefficient (Wildman–Crippen LogP) is 10.9. The third-order valence-corrected chi connectivity index (χ3v) is 6.51. The fraction of sp³-hybridized carbons (Fsp3) is 0.818. The largest absolute Gasteiger partial charge is 0.354 e. The van der Waals surface area contributed by atoms with Crippen molar-refractivity contribution in [2.24, 2.45) is 11.3 Å². The molecule has 0 radical (unpaired) electrons. The van der Waals surface area contributed by atoms with Crippen LogP contribution in [0.3, 0.4) is 0 Å². The molecule has 0 spiro atoms. The number of hydrogen-bond acceptors (Lipinski definition) is 2. The van der Waals surface area contributed by atoms with Gasteiger partial charge in [-0.1, -0.05) is 152 Å². The van der Waals surface area contributed by atoms with Crippen LogP contribution in [0.4, 0.5) is 0 Å². The van der Waals surface area contributed by atoms with E-state index in [0.717, 1.165) is 19.0 Å². The van der Waals surface area contributed by atoms with Gasteiger partial charge in [0.15, 0.2) is 0 Å². The van der Waals surface area contributed by atoms with Crippen LogP contribution in [0.5, 0.6) is 0 Å². The van der Waals surface area contributed by atoms with E-state index in [1.54, 1.807) is 0 Å². The first-order chi connectivity index (χ1) is 16.8. The number of nitrogens with zero attached hydrogens (tertiary/aromatic N) is 1. The van der Waals surface area contributed by atoms with Crippen molar-refractivity contribution in [1.29, 1.82) is 0 Å². The van der Waals surface area contributed by atoms with Crippen LogP contribution in [-0.2, 0) is 0 Å². The van der Waals surface area contributed by atoms with Crippen LogP contribution in [0.25, 0.3) is 0 Å². The van der Waals surface area contributed by atoms with Gasteiger partial charge < -0.3 is 10.2 Å². The van der Waals surface area contributed by atoms with Gasteiger partial charge in [0.2, 0.25) is 0 Å². The Morgan fingerprint density at radius 3 is 1.66 bits per heavy atom. The molecule has 0 saturated heterocycles. The van der Waals surface area contributed by atoms with E-state index in [1.807, 2.05) is 26.2 Å². The SMILES string of the molecule is C=CCC(CCCC)CCCCCC.C=CN(C=C)CC(NCCCCCCC)C(C)(C)C.CC. The highest BCUT2D eigenvalue weighted by atomic mass is 15.1. The summed E-state index contributed by atoms with van der Waals surface area (Å²) in [5, 5.41) is 3.70. The minimum absolute atomic E-state index is 0.244. The monoisotopic (exact) mass is 493 g/mol. The van der Waals surface area contributed by atoms with Crippen molar-refractivity contribution >= 4 is 0 Å². The average molecular weight is 493 g/mol. The first-order valence-corrected chi connectivity index (χ1v) is 15.2. The summed E-state index contributed by atoms with van der Waals surface area (Å²) in [6.45, 7) is 31.2. The topological polar surface area (TPSA) is 15.3 Å². The van der Waals surface area contributed by atoms with Crippen molar-refractivity contribution < 1.29 is 0 Å². The lowest BCUT2D eigenvalue weighted by atomic mass is 9.86. The molecule has 0 saturated carbocycles. The maximum absolute atomic E-state index is 3.85. The van der Waals surface area contributed by atoms with Gasteiger partial charge in [0, 0.05) is 12.6 Å². The first-order valence-electron chi connectivity index (χ1n) is 15.2. The van der Waals surface area contributed by atoms with Gasteiger partial charge >= 0.3 is 0 Å². The molecular weight excluding hydrogens is 424 g/mol. The molecule has 0 aromatic rings. The summed E-state index contributed by atoms with van der Waals surface area (Å²) >= 11 is 0. The molecule has 0 bridgehead atoms. The highest BCUT2D eigenvalue weighted by Crippen LogP contribution is 2.21. The summed E-state index contributed by atoms with van der Waals surface area (Å²) in [6, 6.07) is 0.453. The lowest BCUT2D eigenvalue weighted by Gasteiger charge is -2.34. The normalized spacial score (nSPS) is 12.3. The van der Waals surface area contributed by atoms with Gasteiger partial charge in [-0.3, -0.25) is 0 Å². The van der Waals surface area contributed by atoms with E-state index in [1.165, 1.54) is 89.9 Å². The molecule has 1 N–H and O–H groups in total. The second-order valence-corrected chi connectivity index (χ2v) is 10.7. The Morgan fingerprint density at radius 1 is 0.714 bits per heavy atom. The molecule has 2 heteroatoms. The first kappa shape index (κ1) is 38.5. The highest BCUT2D eigenvalue weighted by Gasteiger charge is 2.24. The van der Waals surface area contributed by atoms with Crippen molar-refractivity contribution in [2.45, 2.75) is 151 Å². The summed E-state index contributed by atoms with van der Waals surface area (Å²) in [6.07, 6.45) is 24.8. The molecule has 0 fully saturated rings. The van der Waals surface area contributed by atoms with Crippen molar-refractivity contribution in [3.8, 4) is 0 Å². The zero-order chi connectivity index (χ0) is 27.4. The Balaban J connectivity index is -0.000000568. The lowest BCUT2D eigenvalue weighted by molar-refractivity contribution is 0.231. The lowest BCUT2D eigenvalue weighted by Crippen LogP contribution is -2.46. The second kappa shape index (κ2) is 29.2. The summed E-state index contributed by atoms with van der Waals surface area (Å²) in [4.78, 5) is 2.06. The van der Waals surface area contributed by atoms with Crippen LogP contribution in [-0.4, -0.2) is 24.0 Å². The zero-order valence-electron chi connectivity index (χ0n) is 25.8. The fourth-order valence-corrected chi connectivity index (χ4v) is 4.05. The minimum Gasteiger partial charge on any atom is -0.354 e. The van der Waals surface area contributed by atoms with E-state index >= 15 is 0 Å². The van der Waals surface area contributed by atoms with Gasteiger partial charge in [-0.05, 0) is 43.1 Å². The maximum atomic E-state index is 3.85. The van der Waals surface area contributed by atoms with Crippen LogP contribution in [0, 0.1) is 11.3 Å². The van der Waals surface area contributed by atoms with Gasteiger partial charge in [0.05, 0.1) is 0 Å². The van der Waals surface area contributed by atoms with E-state index < -0.39 is 0 Å². The smallest absolute Gasteiger partial charge is 0.0378 e. The molecular formula is C33H68N2. The van der Waals surface area contributed by atoms with E-state index in [-0.39, 0.29) is 5.41 Å². The van der Waals surface area contributed by atoms with Crippen molar-refractivity contribution in [3.63, 3.8) is 0 Å². The van der Waals surface area contributed by atoms with E-state index in [0.29, 0.717) is 6.04 Å². The summed E-state index contributed by atoms with van der Waals surface area (Å²) in [5.41, 5.74) is 0.244. The highest BCUT2D eigenvalue weighted by molar-refractivity contribution is 4.90. The molecule has 0 aliphatic carbocycles. The number of allylic oxidation sites excluding steroid dienone is 1. The third-order valence-electron chi connectivity index (χ3n) is 6.51. The number of hydrogen-bond donors (Lipinski definition) is 1. The Bertz CT molecular complexity index is 427. The molecule has 35 heavy (non-hydrogen) atoms. The molecule has 2 unspecified atom stereocenters. The standard InChI is InChI=1S/C17H34N2.C14H28.C2H6/c1-7-10-11-12-13-14-18-16(17(4,5)6)15-19(8-2)9-3;1-4-7-9-10-13-14(11-6-3)12-8-5-2;1-2/h8-9,16,18H,2-3,7,10-15H2,1,4-6H3;6,14H,3-5,7-13H2,1-2H3;1-2H3. The van der Waals surface area contributed by atoms with Crippen LogP contribution >= 0.6 is 0 Å². The minimum atomic E-state index is 0.244. The van der Waals surface area contributed by atoms with Crippen molar-refractivity contribution in [3.05, 3.63) is 38.2 Å². The van der Waals surface area contributed by atoms with Gasteiger partial charge in [-0.25, -0.2) is 0 Å². The molecule has 0 aromatic heterocycles. The van der Waals surface area contributed by atoms with Crippen molar-refractivity contribution in [1.82, 2.24) is 10.2 Å². The zero-order valence-corrected chi connectivity index (χ0v) is 25.8. The summed E-state index contributed by atoms with van der Waals surface area (Å²) in [5.74, 6) is 0.921. The summed E-state index contributed by atoms with van der Waals surface area (Å²) in [7, 11) is 0. The molecule has 0 aromatic carbocycles. The number of unbranched alkanes of at least 4 members (excludes halogenated alkanes) is 8. The molecule has 0 amide bonds. The average Bonchev–Trinajstić information content (AvgIpc) is 2.85. The predicted molar refractivity (Wildman–Crippen MR) is 165 cm³/mol. The van der Waals surface area contributed by atoms with E-state index in [2.05, 4.69) is 77.6 Å². The molecule has 2 atom stereocenters. The van der Waals surface area contributed by atoms with Crippen LogP contribution in [0.2, 0.25) is 0 Å². The Labute approximate surface area is 224 Å². The number of nitrogens with one attached hydrogen (secondary N) is 1. The summed E-state index contributed by atoms with van der Waals surface area (Å²) < 4.78 is 0. The van der Waals surface area contributed by atoms with E-state index in [4.69, 9.17) is 0 Å². The van der Waals surface area contributed by atoms with Gasteiger partial charge in [-0.15, -0.1) is 6.58 Å².